The number of rotatable bonds is 0. The van der Waals surface area contributed by atoms with Crippen LogP contribution in [0.1, 0.15) is 44.7 Å². The minimum absolute atomic E-state index is 0.0288. The summed E-state index contributed by atoms with van der Waals surface area (Å²) in [5, 5.41) is 0. The summed E-state index contributed by atoms with van der Waals surface area (Å²) < 4.78 is 45.0. The molecule has 0 N–H and O–H groups in total. The maximum Gasteiger partial charge on any atom is 0.416 e. The van der Waals surface area contributed by atoms with E-state index in [1.54, 1.807) is 0 Å². The average Bonchev–Trinajstić information content (AvgIpc) is 2.41. The first-order valence-electron chi connectivity index (χ1n) is 7.57. The van der Waals surface area contributed by atoms with E-state index in [-0.39, 0.29) is 16.9 Å². The maximum absolute atomic E-state index is 12.9. The first-order valence-corrected chi connectivity index (χ1v) is 8.49. The molecule has 1 fully saturated rings. The van der Waals surface area contributed by atoms with E-state index >= 15 is 0 Å². The van der Waals surface area contributed by atoms with Crippen LogP contribution in [-0.4, -0.2) is 10.4 Å². The molecule has 0 radical (unpaired) electrons. The van der Waals surface area contributed by atoms with Gasteiger partial charge < -0.3 is 4.74 Å². The molecule has 0 saturated heterocycles. The molecule has 3 rings (SSSR count). The Hall–Kier alpha value is -0.710. The number of hydrogen-bond donors (Lipinski definition) is 0. The second-order valence-electron chi connectivity index (χ2n) is 7.32. The summed E-state index contributed by atoms with van der Waals surface area (Å²) in [4.78, 5) is 0.356. The monoisotopic (exact) mass is 376 g/mol. The number of halogens is 4. The Morgan fingerprint density at radius 1 is 1.23 bits per heavy atom. The third-order valence-corrected chi connectivity index (χ3v) is 7.13. The lowest BCUT2D eigenvalue weighted by atomic mass is 9.59. The van der Waals surface area contributed by atoms with Crippen molar-refractivity contribution in [3.63, 3.8) is 0 Å². The highest BCUT2D eigenvalue weighted by atomic mass is 79.9. The molecule has 1 heterocycles. The second-order valence-corrected chi connectivity index (χ2v) is 8.42. The topological polar surface area (TPSA) is 9.23 Å². The zero-order valence-corrected chi connectivity index (χ0v) is 14.5. The standard InChI is InChI=1S/C17H20BrF3O/c1-15(2)13-9-10-8-11(17(19,20)21)4-5-12(10)22-16(13,3)7-6-14(15)18/h4-5,8,13-14H,6-7,9H2,1-3H3/t13-,14-,16-/m1/s1. The first-order chi connectivity index (χ1) is 10.0. The van der Waals surface area contributed by atoms with E-state index in [1.165, 1.54) is 12.1 Å². The van der Waals surface area contributed by atoms with Crippen molar-refractivity contribution in [2.45, 2.75) is 56.6 Å². The van der Waals surface area contributed by atoms with E-state index < -0.39 is 11.7 Å². The number of hydrogen-bond acceptors (Lipinski definition) is 1. The van der Waals surface area contributed by atoms with Gasteiger partial charge in [0.05, 0.1) is 5.56 Å². The molecule has 0 amide bonds. The van der Waals surface area contributed by atoms with Gasteiger partial charge in [0.15, 0.2) is 0 Å². The molecular weight excluding hydrogens is 357 g/mol. The molecule has 1 aliphatic heterocycles. The second kappa shape index (κ2) is 4.89. The van der Waals surface area contributed by atoms with Gasteiger partial charge in [-0.05, 0) is 55.4 Å². The van der Waals surface area contributed by atoms with Crippen LogP contribution in [0.25, 0.3) is 0 Å². The van der Waals surface area contributed by atoms with Crippen LogP contribution in [-0.2, 0) is 12.6 Å². The van der Waals surface area contributed by atoms with Gasteiger partial charge in [-0.3, -0.25) is 0 Å². The van der Waals surface area contributed by atoms with Crippen molar-refractivity contribution in [3.05, 3.63) is 29.3 Å². The lowest BCUT2D eigenvalue weighted by molar-refractivity contribution is -0.137. The molecule has 22 heavy (non-hydrogen) atoms. The van der Waals surface area contributed by atoms with Crippen LogP contribution < -0.4 is 4.74 Å². The summed E-state index contributed by atoms with van der Waals surface area (Å²) in [5.41, 5.74) is -0.256. The quantitative estimate of drug-likeness (QED) is 0.535. The fourth-order valence-electron chi connectivity index (χ4n) is 4.05. The van der Waals surface area contributed by atoms with Crippen molar-refractivity contribution < 1.29 is 17.9 Å². The van der Waals surface area contributed by atoms with Crippen LogP contribution in [0.15, 0.2) is 18.2 Å². The van der Waals surface area contributed by atoms with Crippen molar-refractivity contribution in [1.82, 2.24) is 0 Å². The summed E-state index contributed by atoms with van der Waals surface area (Å²) in [7, 11) is 0. The molecule has 5 heteroatoms. The van der Waals surface area contributed by atoms with E-state index in [9.17, 15) is 13.2 Å². The highest BCUT2D eigenvalue weighted by molar-refractivity contribution is 9.09. The van der Waals surface area contributed by atoms with Gasteiger partial charge in [-0.25, -0.2) is 0 Å². The van der Waals surface area contributed by atoms with Crippen molar-refractivity contribution in [2.24, 2.45) is 11.3 Å². The summed E-state index contributed by atoms with van der Waals surface area (Å²) in [6, 6.07) is 3.85. The Morgan fingerprint density at radius 2 is 1.91 bits per heavy atom. The Bertz CT molecular complexity index is 596. The Labute approximate surface area is 137 Å². The van der Waals surface area contributed by atoms with Crippen LogP contribution in [0.4, 0.5) is 13.2 Å². The normalized spacial score (nSPS) is 33.6. The van der Waals surface area contributed by atoms with E-state index in [1.807, 2.05) is 0 Å². The van der Waals surface area contributed by atoms with Gasteiger partial charge in [-0.15, -0.1) is 0 Å². The van der Waals surface area contributed by atoms with Gasteiger partial charge in [0.25, 0.3) is 0 Å². The molecule has 1 aromatic carbocycles. The van der Waals surface area contributed by atoms with Gasteiger partial charge in [0, 0.05) is 10.7 Å². The van der Waals surface area contributed by atoms with Crippen molar-refractivity contribution >= 4 is 15.9 Å². The molecule has 0 unspecified atom stereocenters. The van der Waals surface area contributed by atoms with Crippen LogP contribution in [0, 0.1) is 11.3 Å². The van der Waals surface area contributed by atoms with E-state index in [0.717, 1.165) is 18.9 Å². The lowest BCUT2D eigenvalue weighted by Gasteiger charge is -2.55. The molecule has 1 saturated carbocycles. The third kappa shape index (κ3) is 2.45. The third-order valence-electron chi connectivity index (χ3n) is 5.49. The largest absolute Gasteiger partial charge is 0.487 e. The van der Waals surface area contributed by atoms with Crippen molar-refractivity contribution in [1.29, 1.82) is 0 Å². The molecule has 2 aliphatic rings. The molecule has 1 aliphatic carbocycles. The predicted octanol–water partition coefficient (Wildman–Crippen LogP) is 5.60. The minimum atomic E-state index is -4.31. The molecule has 0 spiro atoms. The smallest absolute Gasteiger partial charge is 0.416 e. The average molecular weight is 377 g/mol. The van der Waals surface area contributed by atoms with Crippen LogP contribution in [0.3, 0.4) is 0 Å². The number of benzene rings is 1. The molecule has 122 valence electrons. The minimum Gasteiger partial charge on any atom is -0.487 e. The number of fused-ring (bicyclic) bond motifs is 2. The maximum atomic E-state index is 12.9. The SMILES string of the molecule is CC1(C)[C@H](Br)CC[C@@]2(C)Oc3ccc(C(F)(F)F)cc3C[C@H]12. The lowest BCUT2D eigenvalue weighted by Crippen LogP contribution is -2.57. The zero-order chi connectivity index (χ0) is 16.3. The summed E-state index contributed by atoms with van der Waals surface area (Å²) in [5.74, 6) is 0.796. The molecule has 0 aromatic heterocycles. The Balaban J connectivity index is 2.02. The van der Waals surface area contributed by atoms with E-state index in [4.69, 9.17) is 4.74 Å². The summed E-state index contributed by atoms with van der Waals surface area (Å²) >= 11 is 3.75. The zero-order valence-electron chi connectivity index (χ0n) is 12.9. The molecule has 1 nitrogen and oxygen atoms in total. The highest BCUT2D eigenvalue weighted by Crippen LogP contribution is 2.55. The predicted molar refractivity (Wildman–Crippen MR) is 83.4 cm³/mol. The van der Waals surface area contributed by atoms with Crippen molar-refractivity contribution in [3.8, 4) is 5.75 Å². The van der Waals surface area contributed by atoms with Gasteiger partial charge in [-0.2, -0.15) is 13.2 Å². The van der Waals surface area contributed by atoms with Crippen LogP contribution in [0.5, 0.6) is 5.75 Å². The van der Waals surface area contributed by atoms with Gasteiger partial charge in [0.2, 0.25) is 0 Å². The summed E-state index contributed by atoms with van der Waals surface area (Å²) in [6.45, 7) is 6.45. The molecule has 1 aromatic rings. The number of ether oxygens (including phenoxy) is 1. The van der Waals surface area contributed by atoms with Crippen molar-refractivity contribution in [2.75, 3.05) is 0 Å². The molecule has 3 atom stereocenters. The first kappa shape index (κ1) is 16.2. The van der Waals surface area contributed by atoms with Gasteiger partial charge in [-0.1, -0.05) is 29.8 Å². The van der Waals surface area contributed by atoms with Crippen LogP contribution in [0.2, 0.25) is 0 Å². The highest BCUT2D eigenvalue weighted by Gasteiger charge is 2.54. The van der Waals surface area contributed by atoms with E-state index in [2.05, 4.69) is 36.7 Å². The van der Waals surface area contributed by atoms with Crippen LogP contribution >= 0.6 is 15.9 Å². The molecular formula is C17H20BrF3O. The van der Waals surface area contributed by atoms with Gasteiger partial charge in [0.1, 0.15) is 11.4 Å². The number of alkyl halides is 4. The Kier molecular flexibility index (Phi) is 3.59. The Morgan fingerprint density at radius 3 is 2.55 bits per heavy atom. The van der Waals surface area contributed by atoms with E-state index in [0.29, 0.717) is 22.6 Å². The summed E-state index contributed by atoms with van der Waals surface area (Å²) in [6.07, 6.45) is -1.76. The fraction of sp³-hybridized carbons (Fsp3) is 0.647. The van der Waals surface area contributed by atoms with Gasteiger partial charge >= 0.3 is 6.18 Å². The molecule has 0 bridgehead atoms. The fourth-order valence-corrected chi connectivity index (χ4v) is 4.60.